The Morgan fingerprint density at radius 3 is 2.39 bits per heavy atom. The summed E-state index contributed by atoms with van der Waals surface area (Å²) in [5.41, 5.74) is 6.43. The molecule has 0 saturated heterocycles. The molecule has 0 aliphatic rings. The number of nitrogens with two attached hydrogens (primary N) is 1. The molecular weight excluding hydrogens is 236 g/mol. The van der Waals surface area contributed by atoms with Gasteiger partial charge in [0, 0.05) is 0 Å². The van der Waals surface area contributed by atoms with Gasteiger partial charge in [0.25, 0.3) is 0 Å². The van der Waals surface area contributed by atoms with Crippen molar-refractivity contribution in [2.45, 2.75) is 39.3 Å². The Morgan fingerprint density at radius 2 is 1.83 bits per heavy atom. The molecule has 102 valence electrons. The summed E-state index contributed by atoms with van der Waals surface area (Å²) >= 11 is 0. The van der Waals surface area contributed by atoms with Gasteiger partial charge < -0.3 is 10.5 Å². The molecule has 1 aromatic carbocycles. The Bertz CT molecular complexity index is 382. The predicted octanol–water partition coefficient (Wildman–Crippen LogP) is 3.42. The summed E-state index contributed by atoms with van der Waals surface area (Å²) < 4.78 is 31.4. The van der Waals surface area contributed by atoms with E-state index in [1.54, 1.807) is 0 Å². The fraction of sp³-hybridized carbons (Fsp3) is 0.571. The van der Waals surface area contributed by atoms with Gasteiger partial charge in [-0.3, -0.25) is 0 Å². The van der Waals surface area contributed by atoms with E-state index in [2.05, 4.69) is 13.8 Å². The zero-order valence-corrected chi connectivity index (χ0v) is 11.1. The maximum atomic E-state index is 13.0. The Kier molecular flexibility index (Phi) is 5.69. The fourth-order valence-electron chi connectivity index (χ4n) is 1.84. The molecule has 0 bridgehead atoms. The second-order valence-electron chi connectivity index (χ2n) is 5.05. The Morgan fingerprint density at radius 1 is 1.17 bits per heavy atom. The van der Waals surface area contributed by atoms with Crippen molar-refractivity contribution in [2.75, 3.05) is 6.61 Å². The van der Waals surface area contributed by atoms with Crippen LogP contribution in [0.4, 0.5) is 8.78 Å². The predicted molar refractivity (Wildman–Crippen MR) is 68.2 cm³/mol. The lowest BCUT2D eigenvalue weighted by Gasteiger charge is -2.18. The first-order valence-corrected chi connectivity index (χ1v) is 6.22. The molecule has 0 spiro atoms. The molecule has 18 heavy (non-hydrogen) atoms. The number of benzene rings is 1. The topological polar surface area (TPSA) is 35.2 Å². The standard InChI is InChI=1S/C14H21F2NO/c1-9(2)6-10(3)18-8-14(17)11-4-5-12(15)13(16)7-11/h4-5,7,9-10,14H,6,8,17H2,1-3H3. The van der Waals surface area contributed by atoms with Gasteiger partial charge in [0.15, 0.2) is 11.6 Å². The van der Waals surface area contributed by atoms with Crippen LogP contribution >= 0.6 is 0 Å². The summed E-state index contributed by atoms with van der Waals surface area (Å²) in [5, 5.41) is 0. The van der Waals surface area contributed by atoms with Crippen molar-refractivity contribution in [3.05, 3.63) is 35.4 Å². The molecule has 0 heterocycles. The molecule has 4 heteroatoms. The van der Waals surface area contributed by atoms with Crippen molar-refractivity contribution in [3.63, 3.8) is 0 Å². The molecule has 2 N–H and O–H groups in total. The van der Waals surface area contributed by atoms with Crippen LogP contribution in [0.15, 0.2) is 18.2 Å². The van der Waals surface area contributed by atoms with E-state index in [0.29, 0.717) is 18.1 Å². The minimum absolute atomic E-state index is 0.112. The van der Waals surface area contributed by atoms with Crippen LogP contribution in [0.25, 0.3) is 0 Å². The van der Waals surface area contributed by atoms with E-state index in [0.717, 1.165) is 18.6 Å². The van der Waals surface area contributed by atoms with Gasteiger partial charge in [0.1, 0.15) is 0 Å². The van der Waals surface area contributed by atoms with Crippen molar-refractivity contribution in [2.24, 2.45) is 11.7 Å². The van der Waals surface area contributed by atoms with Crippen LogP contribution in [0.5, 0.6) is 0 Å². The highest BCUT2D eigenvalue weighted by atomic mass is 19.2. The Hall–Kier alpha value is -1.00. The van der Waals surface area contributed by atoms with Gasteiger partial charge >= 0.3 is 0 Å². The Labute approximate surface area is 107 Å². The van der Waals surface area contributed by atoms with Gasteiger partial charge in [0.05, 0.1) is 18.8 Å². The van der Waals surface area contributed by atoms with Crippen LogP contribution in [0.1, 0.15) is 38.8 Å². The van der Waals surface area contributed by atoms with Crippen LogP contribution in [-0.2, 0) is 4.74 Å². The fourth-order valence-corrected chi connectivity index (χ4v) is 1.84. The first-order chi connectivity index (χ1) is 8.40. The van der Waals surface area contributed by atoms with Gasteiger partial charge in [-0.05, 0) is 37.0 Å². The van der Waals surface area contributed by atoms with Gasteiger partial charge in [-0.25, -0.2) is 8.78 Å². The number of halogens is 2. The lowest BCUT2D eigenvalue weighted by molar-refractivity contribution is 0.0429. The molecule has 0 radical (unpaired) electrons. The van der Waals surface area contributed by atoms with Crippen molar-refractivity contribution >= 4 is 0 Å². The average Bonchev–Trinajstić information content (AvgIpc) is 2.28. The summed E-state index contributed by atoms with van der Waals surface area (Å²) in [4.78, 5) is 0. The van der Waals surface area contributed by atoms with Crippen LogP contribution in [-0.4, -0.2) is 12.7 Å². The van der Waals surface area contributed by atoms with Gasteiger partial charge in [-0.2, -0.15) is 0 Å². The first-order valence-electron chi connectivity index (χ1n) is 6.22. The van der Waals surface area contributed by atoms with E-state index in [4.69, 9.17) is 10.5 Å². The summed E-state index contributed by atoms with van der Waals surface area (Å²) in [6.07, 6.45) is 1.06. The average molecular weight is 257 g/mol. The lowest BCUT2D eigenvalue weighted by Crippen LogP contribution is -2.22. The second-order valence-corrected chi connectivity index (χ2v) is 5.05. The van der Waals surface area contributed by atoms with E-state index < -0.39 is 17.7 Å². The highest BCUT2D eigenvalue weighted by Crippen LogP contribution is 2.16. The van der Waals surface area contributed by atoms with Gasteiger partial charge in [-0.1, -0.05) is 19.9 Å². The maximum Gasteiger partial charge on any atom is 0.159 e. The summed E-state index contributed by atoms with van der Waals surface area (Å²) in [6.45, 7) is 6.53. The third-order valence-corrected chi connectivity index (χ3v) is 2.74. The smallest absolute Gasteiger partial charge is 0.159 e. The molecular formula is C14H21F2NO. The molecule has 0 saturated carbocycles. The molecule has 1 rings (SSSR count). The number of hydrogen-bond acceptors (Lipinski definition) is 2. The van der Waals surface area contributed by atoms with Gasteiger partial charge in [0.2, 0.25) is 0 Å². The monoisotopic (exact) mass is 257 g/mol. The molecule has 0 aromatic heterocycles. The van der Waals surface area contributed by atoms with Crippen molar-refractivity contribution in [3.8, 4) is 0 Å². The summed E-state index contributed by atoms with van der Waals surface area (Å²) in [6, 6.07) is 3.26. The largest absolute Gasteiger partial charge is 0.377 e. The van der Waals surface area contributed by atoms with Crippen molar-refractivity contribution in [1.29, 1.82) is 0 Å². The van der Waals surface area contributed by atoms with Crippen LogP contribution in [0, 0.1) is 17.6 Å². The third kappa shape index (κ3) is 4.70. The van der Waals surface area contributed by atoms with E-state index in [1.807, 2.05) is 6.92 Å². The van der Waals surface area contributed by atoms with Crippen LogP contribution < -0.4 is 5.73 Å². The highest BCUT2D eigenvalue weighted by Gasteiger charge is 2.12. The number of ether oxygens (including phenoxy) is 1. The number of rotatable bonds is 6. The normalized spacial score (nSPS) is 14.8. The van der Waals surface area contributed by atoms with Crippen LogP contribution in [0.3, 0.4) is 0 Å². The van der Waals surface area contributed by atoms with E-state index in [1.165, 1.54) is 6.07 Å². The van der Waals surface area contributed by atoms with Crippen LogP contribution in [0.2, 0.25) is 0 Å². The lowest BCUT2D eigenvalue weighted by atomic mass is 10.1. The molecule has 0 aliphatic carbocycles. The van der Waals surface area contributed by atoms with Crippen molar-refractivity contribution < 1.29 is 13.5 Å². The Balaban J connectivity index is 2.49. The minimum Gasteiger partial charge on any atom is -0.377 e. The summed E-state index contributed by atoms with van der Waals surface area (Å²) in [5.74, 6) is -1.18. The molecule has 2 atom stereocenters. The van der Waals surface area contributed by atoms with E-state index in [9.17, 15) is 8.78 Å². The third-order valence-electron chi connectivity index (χ3n) is 2.74. The maximum absolute atomic E-state index is 13.0. The SMILES string of the molecule is CC(C)CC(C)OCC(N)c1ccc(F)c(F)c1. The first kappa shape index (κ1) is 15.1. The van der Waals surface area contributed by atoms with Crippen molar-refractivity contribution in [1.82, 2.24) is 0 Å². The molecule has 1 aromatic rings. The molecule has 0 aliphatic heterocycles. The molecule has 0 fully saturated rings. The quantitative estimate of drug-likeness (QED) is 0.847. The molecule has 2 nitrogen and oxygen atoms in total. The summed E-state index contributed by atoms with van der Waals surface area (Å²) in [7, 11) is 0. The zero-order valence-electron chi connectivity index (χ0n) is 11.1. The number of hydrogen-bond donors (Lipinski definition) is 1. The highest BCUT2D eigenvalue weighted by molar-refractivity contribution is 5.20. The molecule has 2 unspecified atom stereocenters. The van der Waals surface area contributed by atoms with E-state index in [-0.39, 0.29) is 6.10 Å². The zero-order chi connectivity index (χ0) is 13.7. The minimum atomic E-state index is -0.877. The van der Waals surface area contributed by atoms with Gasteiger partial charge in [-0.15, -0.1) is 0 Å². The van der Waals surface area contributed by atoms with E-state index >= 15 is 0 Å². The molecule has 0 amide bonds. The second kappa shape index (κ2) is 6.81.